The molecule has 2 atom stereocenters. The molecule has 0 amide bonds. The van der Waals surface area contributed by atoms with Gasteiger partial charge in [0.2, 0.25) is 0 Å². The average Bonchev–Trinajstić information content (AvgIpc) is 3.08. The van der Waals surface area contributed by atoms with E-state index in [4.69, 9.17) is 16.3 Å². The fourth-order valence-corrected chi connectivity index (χ4v) is 3.91. The Kier molecular flexibility index (Phi) is 5.40. The summed E-state index contributed by atoms with van der Waals surface area (Å²) in [6.45, 7) is 4.14. The van der Waals surface area contributed by atoms with E-state index in [1.54, 1.807) is 0 Å². The molecule has 0 spiro atoms. The Morgan fingerprint density at radius 2 is 1.39 bits per heavy atom. The maximum absolute atomic E-state index is 6.30. The molecule has 0 N–H and O–H groups in total. The van der Waals surface area contributed by atoms with Crippen molar-refractivity contribution < 1.29 is 4.74 Å². The van der Waals surface area contributed by atoms with Crippen LogP contribution in [0.2, 0.25) is 5.02 Å². The predicted octanol–water partition coefficient (Wildman–Crippen LogP) is 6.95. The van der Waals surface area contributed by atoms with Gasteiger partial charge >= 0.3 is 0 Å². The summed E-state index contributed by atoms with van der Waals surface area (Å²) in [5, 5.41) is 0.739. The quantitative estimate of drug-likeness (QED) is 0.468. The molecule has 0 saturated carbocycles. The normalized spacial score (nSPS) is 19.0. The van der Waals surface area contributed by atoms with Crippen molar-refractivity contribution in [1.82, 2.24) is 0 Å². The zero-order valence-electron chi connectivity index (χ0n) is 16.1. The van der Waals surface area contributed by atoms with Crippen molar-refractivity contribution in [2.45, 2.75) is 32.0 Å². The maximum atomic E-state index is 6.30. The first-order valence-corrected chi connectivity index (χ1v) is 10.0. The average molecular weight is 390 g/mol. The third-order valence-electron chi connectivity index (χ3n) is 4.92. The van der Waals surface area contributed by atoms with Crippen LogP contribution in [0.15, 0.2) is 96.8 Å². The summed E-state index contributed by atoms with van der Waals surface area (Å²) in [4.78, 5) is 2.43. The van der Waals surface area contributed by atoms with E-state index >= 15 is 0 Å². The lowest BCUT2D eigenvalue weighted by atomic mass is 10.0. The lowest BCUT2D eigenvalue weighted by Crippen LogP contribution is -2.28. The number of halogens is 1. The van der Waals surface area contributed by atoms with Gasteiger partial charge in [0, 0.05) is 10.7 Å². The molecule has 0 unspecified atom stereocenters. The Hall–Kier alpha value is -2.71. The van der Waals surface area contributed by atoms with Crippen molar-refractivity contribution in [1.29, 1.82) is 0 Å². The van der Waals surface area contributed by atoms with Gasteiger partial charge in [-0.2, -0.15) is 0 Å². The first kappa shape index (κ1) is 18.6. The van der Waals surface area contributed by atoms with E-state index in [2.05, 4.69) is 91.6 Å². The SMILES string of the molecule is CC(C)OC1=C[C@@H](c2ccccc2)N(c2ccccc2)[C@@H]1c1ccc(Cl)cc1. The van der Waals surface area contributed by atoms with Crippen LogP contribution in [0, 0.1) is 0 Å². The van der Waals surface area contributed by atoms with Gasteiger partial charge in [-0.05, 0) is 55.3 Å². The third kappa shape index (κ3) is 3.79. The van der Waals surface area contributed by atoms with Crippen molar-refractivity contribution in [2.24, 2.45) is 0 Å². The molecule has 142 valence electrons. The summed E-state index contributed by atoms with van der Waals surface area (Å²) in [6.07, 6.45) is 2.36. The second kappa shape index (κ2) is 8.12. The van der Waals surface area contributed by atoms with Gasteiger partial charge in [-0.15, -0.1) is 0 Å². The van der Waals surface area contributed by atoms with Gasteiger partial charge in [0.1, 0.15) is 11.8 Å². The highest BCUT2D eigenvalue weighted by molar-refractivity contribution is 6.30. The molecule has 0 saturated heterocycles. The largest absolute Gasteiger partial charge is 0.493 e. The first-order valence-electron chi connectivity index (χ1n) is 9.65. The zero-order valence-corrected chi connectivity index (χ0v) is 16.9. The van der Waals surface area contributed by atoms with E-state index in [0.717, 1.165) is 16.5 Å². The van der Waals surface area contributed by atoms with Crippen LogP contribution in [0.25, 0.3) is 0 Å². The molecule has 0 radical (unpaired) electrons. The minimum absolute atomic E-state index is 0.00715. The third-order valence-corrected chi connectivity index (χ3v) is 5.17. The van der Waals surface area contributed by atoms with E-state index in [-0.39, 0.29) is 18.2 Å². The fourth-order valence-electron chi connectivity index (χ4n) is 3.79. The summed E-state index contributed by atoms with van der Waals surface area (Å²) < 4.78 is 6.30. The summed E-state index contributed by atoms with van der Waals surface area (Å²) in [5.74, 6) is 0.982. The van der Waals surface area contributed by atoms with Gasteiger partial charge in [0.15, 0.2) is 0 Å². The number of ether oxygens (including phenoxy) is 1. The molecule has 3 aromatic rings. The number of hydrogen-bond donors (Lipinski definition) is 0. The molecule has 0 aromatic heterocycles. The number of anilines is 1. The van der Waals surface area contributed by atoms with Crippen LogP contribution in [-0.2, 0) is 4.74 Å². The van der Waals surface area contributed by atoms with Gasteiger partial charge in [-0.3, -0.25) is 0 Å². The Labute approximate surface area is 172 Å². The number of para-hydroxylation sites is 1. The van der Waals surface area contributed by atoms with Gasteiger partial charge in [0.05, 0.1) is 12.1 Å². The Morgan fingerprint density at radius 1 is 0.786 bits per heavy atom. The summed E-state index contributed by atoms with van der Waals surface area (Å²) in [5.41, 5.74) is 3.57. The fraction of sp³-hybridized carbons (Fsp3) is 0.200. The van der Waals surface area contributed by atoms with E-state index < -0.39 is 0 Å². The van der Waals surface area contributed by atoms with Gasteiger partial charge in [-0.1, -0.05) is 72.3 Å². The zero-order chi connectivity index (χ0) is 19.5. The predicted molar refractivity (Wildman–Crippen MR) is 117 cm³/mol. The molecule has 0 aliphatic carbocycles. The van der Waals surface area contributed by atoms with Gasteiger partial charge < -0.3 is 9.64 Å². The van der Waals surface area contributed by atoms with E-state index in [9.17, 15) is 0 Å². The maximum Gasteiger partial charge on any atom is 0.122 e. The monoisotopic (exact) mass is 389 g/mol. The standard InChI is InChI=1S/C25H24ClNO/c1-18(2)28-24-17-23(19-9-5-3-6-10-19)27(22-11-7-4-8-12-22)25(24)20-13-15-21(26)16-14-20/h3-18,23,25H,1-2H3/t23-,25+/m0/s1. The second-order valence-corrected chi connectivity index (χ2v) is 7.72. The number of benzene rings is 3. The van der Waals surface area contributed by atoms with E-state index in [0.29, 0.717) is 0 Å². The molecule has 2 nitrogen and oxygen atoms in total. The number of nitrogens with zero attached hydrogens (tertiary/aromatic N) is 1. The second-order valence-electron chi connectivity index (χ2n) is 7.29. The molecule has 28 heavy (non-hydrogen) atoms. The molecular weight excluding hydrogens is 366 g/mol. The molecule has 0 fully saturated rings. The number of hydrogen-bond acceptors (Lipinski definition) is 2. The molecule has 4 rings (SSSR count). The molecule has 0 bridgehead atoms. The highest BCUT2D eigenvalue weighted by Gasteiger charge is 2.38. The molecule has 3 heteroatoms. The summed E-state index contributed by atoms with van der Waals surface area (Å²) in [7, 11) is 0. The van der Waals surface area contributed by atoms with Crippen LogP contribution < -0.4 is 4.90 Å². The Balaban J connectivity index is 1.85. The van der Waals surface area contributed by atoms with Crippen LogP contribution in [-0.4, -0.2) is 6.10 Å². The van der Waals surface area contributed by atoms with Crippen LogP contribution in [0.1, 0.15) is 37.1 Å². The van der Waals surface area contributed by atoms with Crippen LogP contribution in [0.5, 0.6) is 0 Å². The van der Waals surface area contributed by atoms with Crippen LogP contribution in [0.4, 0.5) is 5.69 Å². The van der Waals surface area contributed by atoms with E-state index in [1.165, 1.54) is 11.1 Å². The minimum Gasteiger partial charge on any atom is -0.493 e. The molecular formula is C25H24ClNO. The number of rotatable bonds is 5. The highest BCUT2D eigenvalue weighted by Crippen LogP contribution is 2.47. The molecule has 1 heterocycles. The van der Waals surface area contributed by atoms with Crippen molar-refractivity contribution in [3.63, 3.8) is 0 Å². The van der Waals surface area contributed by atoms with Gasteiger partial charge in [-0.25, -0.2) is 0 Å². The first-order chi connectivity index (χ1) is 13.6. The Bertz CT molecular complexity index is 935. The minimum atomic E-state index is -0.00715. The molecule has 3 aromatic carbocycles. The van der Waals surface area contributed by atoms with Crippen LogP contribution >= 0.6 is 11.6 Å². The summed E-state index contributed by atoms with van der Waals surface area (Å²) in [6, 6.07) is 29.3. The van der Waals surface area contributed by atoms with E-state index in [1.807, 2.05) is 18.2 Å². The van der Waals surface area contributed by atoms with Gasteiger partial charge in [0.25, 0.3) is 0 Å². The highest BCUT2D eigenvalue weighted by atomic mass is 35.5. The van der Waals surface area contributed by atoms with Crippen molar-refractivity contribution in [3.8, 4) is 0 Å². The lowest BCUT2D eigenvalue weighted by molar-refractivity contribution is 0.136. The lowest BCUT2D eigenvalue weighted by Gasteiger charge is -2.34. The molecule has 1 aliphatic rings. The van der Waals surface area contributed by atoms with Crippen molar-refractivity contribution >= 4 is 17.3 Å². The molecule has 1 aliphatic heterocycles. The van der Waals surface area contributed by atoms with Crippen molar-refractivity contribution in [2.75, 3.05) is 4.90 Å². The smallest absolute Gasteiger partial charge is 0.122 e. The summed E-state index contributed by atoms with van der Waals surface area (Å²) >= 11 is 6.16. The van der Waals surface area contributed by atoms with Crippen molar-refractivity contribution in [3.05, 3.63) is 113 Å². The topological polar surface area (TPSA) is 12.5 Å². The van der Waals surface area contributed by atoms with Crippen LogP contribution in [0.3, 0.4) is 0 Å². The Morgan fingerprint density at radius 3 is 2.00 bits per heavy atom.